The molecule has 8 nitrogen and oxygen atoms in total. The van der Waals surface area contributed by atoms with Gasteiger partial charge in [-0.2, -0.15) is 15.3 Å². The number of nitrogens with one attached hydrogen (secondary N) is 2. The molecule has 1 aliphatic carbocycles. The van der Waals surface area contributed by atoms with Crippen LogP contribution in [0.5, 0.6) is 0 Å². The average Bonchev–Trinajstić information content (AvgIpc) is 3.35. The van der Waals surface area contributed by atoms with Gasteiger partial charge in [0.15, 0.2) is 0 Å². The SMILES string of the molecule is Cc1cc(C)n(Cc2cc(C(=O)N(C)Cc3n[nH]c4c3CCCC4)n[nH]2)n1. The Balaban J connectivity index is 1.44. The van der Waals surface area contributed by atoms with Crippen LogP contribution < -0.4 is 0 Å². The molecule has 0 saturated carbocycles. The third kappa shape index (κ3) is 3.51. The van der Waals surface area contributed by atoms with Gasteiger partial charge >= 0.3 is 0 Å². The van der Waals surface area contributed by atoms with Crippen LogP contribution in [-0.4, -0.2) is 48.0 Å². The molecule has 0 atom stereocenters. The Morgan fingerprint density at radius 3 is 2.78 bits per heavy atom. The number of amides is 1. The van der Waals surface area contributed by atoms with Gasteiger partial charge in [0.1, 0.15) is 5.69 Å². The molecular weight excluding hydrogens is 342 g/mol. The first-order chi connectivity index (χ1) is 13.0. The Bertz CT molecular complexity index is 965. The number of hydrogen-bond donors (Lipinski definition) is 2. The molecule has 0 saturated heterocycles. The van der Waals surface area contributed by atoms with E-state index in [0.717, 1.165) is 35.6 Å². The summed E-state index contributed by atoms with van der Waals surface area (Å²) < 4.78 is 1.90. The maximum Gasteiger partial charge on any atom is 0.274 e. The fraction of sp³-hybridized carbons (Fsp3) is 0.474. The van der Waals surface area contributed by atoms with Crippen molar-refractivity contribution in [3.63, 3.8) is 0 Å². The molecule has 4 rings (SSSR count). The van der Waals surface area contributed by atoms with Crippen LogP contribution in [0.4, 0.5) is 0 Å². The summed E-state index contributed by atoms with van der Waals surface area (Å²) in [5.41, 5.74) is 6.81. The number of aryl methyl sites for hydroxylation is 3. The average molecular weight is 367 g/mol. The maximum atomic E-state index is 12.8. The van der Waals surface area contributed by atoms with Crippen LogP contribution in [0.25, 0.3) is 0 Å². The van der Waals surface area contributed by atoms with E-state index in [1.54, 1.807) is 18.0 Å². The van der Waals surface area contributed by atoms with Gasteiger partial charge in [-0.3, -0.25) is 19.7 Å². The van der Waals surface area contributed by atoms with Gasteiger partial charge in [0.05, 0.1) is 30.2 Å². The highest BCUT2D eigenvalue weighted by Gasteiger charge is 2.21. The van der Waals surface area contributed by atoms with E-state index in [1.807, 2.05) is 24.6 Å². The van der Waals surface area contributed by atoms with Crippen LogP contribution >= 0.6 is 0 Å². The fourth-order valence-corrected chi connectivity index (χ4v) is 3.72. The van der Waals surface area contributed by atoms with Crippen molar-refractivity contribution in [2.75, 3.05) is 7.05 Å². The van der Waals surface area contributed by atoms with Gasteiger partial charge in [-0.1, -0.05) is 0 Å². The van der Waals surface area contributed by atoms with Gasteiger partial charge in [-0.05, 0) is 57.2 Å². The first-order valence-electron chi connectivity index (χ1n) is 9.37. The molecule has 142 valence electrons. The highest BCUT2D eigenvalue weighted by atomic mass is 16.2. The second kappa shape index (κ2) is 7.02. The summed E-state index contributed by atoms with van der Waals surface area (Å²) in [6.07, 6.45) is 4.48. The van der Waals surface area contributed by atoms with Crippen LogP contribution in [0.15, 0.2) is 12.1 Å². The Hall–Kier alpha value is -2.90. The molecule has 0 aliphatic heterocycles. The fourth-order valence-electron chi connectivity index (χ4n) is 3.72. The predicted octanol–water partition coefficient (Wildman–Crippen LogP) is 2.15. The number of H-pyrrole nitrogens is 2. The number of carbonyl (C=O) groups excluding carboxylic acids is 1. The van der Waals surface area contributed by atoms with Crippen LogP contribution in [0.2, 0.25) is 0 Å². The van der Waals surface area contributed by atoms with E-state index in [2.05, 4.69) is 25.5 Å². The zero-order valence-corrected chi connectivity index (χ0v) is 16.0. The zero-order chi connectivity index (χ0) is 19.0. The van der Waals surface area contributed by atoms with Crippen LogP contribution in [0.1, 0.15) is 57.4 Å². The van der Waals surface area contributed by atoms with Crippen LogP contribution in [0.3, 0.4) is 0 Å². The van der Waals surface area contributed by atoms with Crippen molar-refractivity contribution in [2.24, 2.45) is 0 Å². The van der Waals surface area contributed by atoms with Crippen molar-refractivity contribution >= 4 is 5.91 Å². The van der Waals surface area contributed by atoms with E-state index < -0.39 is 0 Å². The predicted molar refractivity (Wildman–Crippen MR) is 100 cm³/mol. The Morgan fingerprint density at radius 2 is 2.00 bits per heavy atom. The standard InChI is InChI=1S/C19H25N7O/c1-12-8-13(2)26(24-12)10-14-9-17(22-20-14)19(27)25(3)11-18-15-6-4-5-7-16(15)21-23-18/h8-9H,4-7,10-11H2,1-3H3,(H,20,22)(H,21,23). The van der Waals surface area contributed by atoms with Crippen molar-refractivity contribution in [2.45, 2.75) is 52.6 Å². The lowest BCUT2D eigenvalue weighted by atomic mass is 9.96. The molecule has 0 unspecified atom stereocenters. The van der Waals surface area contributed by atoms with Gasteiger partial charge in [-0.25, -0.2) is 0 Å². The molecule has 1 aliphatic rings. The van der Waals surface area contributed by atoms with Crippen molar-refractivity contribution in [1.82, 2.24) is 35.1 Å². The minimum Gasteiger partial charge on any atom is -0.334 e. The summed E-state index contributed by atoms with van der Waals surface area (Å²) in [4.78, 5) is 14.4. The third-order valence-electron chi connectivity index (χ3n) is 5.15. The van der Waals surface area contributed by atoms with Gasteiger partial charge in [0, 0.05) is 18.4 Å². The smallest absolute Gasteiger partial charge is 0.274 e. The second-order valence-electron chi connectivity index (χ2n) is 7.36. The molecule has 8 heteroatoms. The van der Waals surface area contributed by atoms with Gasteiger partial charge in [-0.15, -0.1) is 0 Å². The quantitative estimate of drug-likeness (QED) is 0.722. The lowest BCUT2D eigenvalue weighted by Gasteiger charge is -2.17. The minimum absolute atomic E-state index is 0.113. The van der Waals surface area contributed by atoms with E-state index in [9.17, 15) is 4.79 Å². The second-order valence-corrected chi connectivity index (χ2v) is 7.36. The zero-order valence-electron chi connectivity index (χ0n) is 16.0. The number of rotatable bonds is 5. The molecule has 2 N–H and O–H groups in total. The van der Waals surface area contributed by atoms with E-state index >= 15 is 0 Å². The molecule has 0 aromatic carbocycles. The summed E-state index contributed by atoms with van der Waals surface area (Å²) in [7, 11) is 1.79. The van der Waals surface area contributed by atoms with Crippen LogP contribution in [0, 0.1) is 13.8 Å². The maximum absolute atomic E-state index is 12.8. The van der Waals surface area contributed by atoms with Crippen molar-refractivity contribution in [1.29, 1.82) is 0 Å². The van der Waals surface area contributed by atoms with E-state index in [-0.39, 0.29) is 5.91 Å². The lowest BCUT2D eigenvalue weighted by molar-refractivity contribution is 0.0777. The highest BCUT2D eigenvalue weighted by Crippen LogP contribution is 2.23. The topological polar surface area (TPSA) is 95.5 Å². The molecule has 1 amide bonds. The first kappa shape index (κ1) is 17.5. The molecule has 3 heterocycles. The van der Waals surface area contributed by atoms with Crippen molar-refractivity contribution in [3.8, 4) is 0 Å². The Labute approximate surface area is 158 Å². The summed E-state index contributed by atoms with van der Waals surface area (Å²) >= 11 is 0. The van der Waals surface area contributed by atoms with Gasteiger partial charge in [0.25, 0.3) is 5.91 Å². The molecule has 27 heavy (non-hydrogen) atoms. The van der Waals surface area contributed by atoms with E-state index in [4.69, 9.17) is 0 Å². The van der Waals surface area contributed by atoms with Crippen molar-refractivity contribution < 1.29 is 4.79 Å². The van der Waals surface area contributed by atoms with E-state index in [0.29, 0.717) is 18.8 Å². The number of carbonyl (C=O) groups is 1. The summed E-state index contributed by atoms with van der Waals surface area (Å²) in [6, 6.07) is 3.83. The third-order valence-corrected chi connectivity index (χ3v) is 5.15. The molecule has 0 fully saturated rings. The lowest BCUT2D eigenvalue weighted by Crippen LogP contribution is -2.27. The van der Waals surface area contributed by atoms with Gasteiger partial charge < -0.3 is 4.90 Å². The normalized spacial score (nSPS) is 13.6. The molecular formula is C19H25N7O. The largest absolute Gasteiger partial charge is 0.334 e. The summed E-state index contributed by atoms with van der Waals surface area (Å²) in [5.74, 6) is -0.113. The highest BCUT2D eigenvalue weighted by molar-refractivity contribution is 5.92. The molecule has 0 radical (unpaired) electrons. The van der Waals surface area contributed by atoms with E-state index in [1.165, 1.54) is 24.1 Å². The minimum atomic E-state index is -0.113. The van der Waals surface area contributed by atoms with Crippen molar-refractivity contribution in [3.05, 3.63) is 51.9 Å². The molecule has 3 aromatic rings. The number of aromatic nitrogens is 6. The number of fused-ring (bicyclic) bond motifs is 1. The number of nitrogens with zero attached hydrogens (tertiary/aromatic N) is 5. The number of aromatic amines is 2. The molecule has 3 aromatic heterocycles. The van der Waals surface area contributed by atoms with Gasteiger partial charge in [0.2, 0.25) is 0 Å². The number of hydrogen-bond acceptors (Lipinski definition) is 4. The molecule has 0 spiro atoms. The monoisotopic (exact) mass is 367 g/mol. The molecule has 0 bridgehead atoms. The Morgan fingerprint density at radius 1 is 1.19 bits per heavy atom. The first-order valence-corrected chi connectivity index (χ1v) is 9.37. The summed E-state index contributed by atoms with van der Waals surface area (Å²) in [6.45, 7) is 5.04. The van der Waals surface area contributed by atoms with Crippen LogP contribution in [-0.2, 0) is 25.9 Å². The Kier molecular flexibility index (Phi) is 4.55. The summed E-state index contributed by atoms with van der Waals surface area (Å²) in [5, 5.41) is 19.2.